The Morgan fingerprint density at radius 2 is 1.04 bits per heavy atom. The molecule has 0 aliphatic carbocycles. The monoisotopic (exact) mass is 663 g/mol. The summed E-state index contributed by atoms with van der Waals surface area (Å²) in [5.41, 5.74) is 9.84. The average molecular weight is 664 g/mol. The van der Waals surface area contributed by atoms with E-state index >= 15 is 0 Å². The molecular formula is C49H33N3. The van der Waals surface area contributed by atoms with Crippen molar-refractivity contribution in [3.8, 4) is 22.4 Å². The molecule has 3 heteroatoms. The Kier molecular flexibility index (Phi) is 7.28. The van der Waals surface area contributed by atoms with Crippen molar-refractivity contribution in [3.63, 3.8) is 0 Å². The maximum absolute atomic E-state index is 5.39. The van der Waals surface area contributed by atoms with E-state index in [1.54, 1.807) is 0 Å². The summed E-state index contributed by atoms with van der Waals surface area (Å²) in [5.74, 6) is 0.777. The first-order valence-electron chi connectivity index (χ1n) is 17.9. The van der Waals surface area contributed by atoms with Gasteiger partial charge in [-0.15, -0.1) is 0 Å². The van der Waals surface area contributed by atoms with Crippen LogP contribution in [0.2, 0.25) is 0 Å². The highest BCUT2D eigenvalue weighted by Crippen LogP contribution is 2.38. The number of fused-ring (bicyclic) bond motifs is 5. The Bertz CT molecular complexity index is 2860. The van der Waals surface area contributed by atoms with E-state index in [2.05, 4.69) is 176 Å². The minimum absolute atomic E-state index is 0.0932. The third kappa shape index (κ3) is 5.26. The third-order valence-corrected chi connectivity index (χ3v) is 10.4. The van der Waals surface area contributed by atoms with Gasteiger partial charge < -0.3 is 0 Å². The summed E-state index contributed by atoms with van der Waals surface area (Å²) in [4.78, 5) is 15.9. The molecular weight excluding hydrogens is 631 g/mol. The van der Waals surface area contributed by atoms with Gasteiger partial charge in [0.2, 0.25) is 0 Å². The van der Waals surface area contributed by atoms with Crippen LogP contribution in [0.1, 0.15) is 29.2 Å². The molecule has 0 spiro atoms. The van der Waals surface area contributed by atoms with Gasteiger partial charge in [-0.25, -0.2) is 9.98 Å². The lowest BCUT2D eigenvalue weighted by molar-refractivity contribution is 0.754. The van der Waals surface area contributed by atoms with Gasteiger partial charge in [0, 0.05) is 28.5 Å². The van der Waals surface area contributed by atoms with Crippen LogP contribution in [0.3, 0.4) is 0 Å². The number of aliphatic imine (C=N–C) groups is 2. The lowest BCUT2D eigenvalue weighted by Crippen LogP contribution is -2.18. The van der Waals surface area contributed by atoms with Crippen molar-refractivity contribution in [2.24, 2.45) is 9.98 Å². The van der Waals surface area contributed by atoms with Gasteiger partial charge in [0.05, 0.1) is 23.0 Å². The number of hydrogen-bond acceptors (Lipinski definition) is 3. The van der Waals surface area contributed by atoms with E-state index in [1.807, 2.05) is 6.07 Å². The Labute approximate surface area is 302 Å². The second kappa shape index (κ2) is 12.6. The predicted octanol–water partition coefficient (Wildman–Crippen LogP) is 12.4. The number of pyridine rings is 1. The first kappa shape index (κ1) is 30.1. The average Bonchev–Trinajstić information content (AvgIpc) is 3.23. The fourth-order valence-corrected chi connectivity index (χ4v) is 7.85. The summed E-state index contributed by atoms with van der Waals surface area (Å²) in [6.45, 7) is 0. The summed E-state index contributed by atoms with van der Waals surface area (Å²) >= 11 is 0. The summed E-state index contributed by atoms with van der Waals surface area (Å²) in [7, 11) is 0. The normalized spacial score (nSPS) is 14.5. The van der Waals surface area contributed by atoms with E-state index in [1.165, 1.54) is 43.4 Å². The van der Waals surface area contributed by atoms with E-state index in [0.717, 1.165) is 50.4 Å². The van der Waals surface area contributed by atoms with Crippen molar-refractivity contribution in [3.05, 3.63) is 199 Å². The molecule has 52 heavy (non-hydrogen) atoms. The molecule has 1 aliphatic rings. The van der Waals surface area contributed by atoms with Gasteiger partial charge in [0.1, 0.15) is 0 Å². The van der Waals surface area contributed by atoms with E-state index in [4.69, 9.17) is 15.0 Å². The molecule has 10 rings (SSSR count). The van der Waals surface area contributed by atoms with Crippen molar-refractivity contribution < 1.29 is 0 Å². The number of hydrogen-bond donors (Lipinski definition) is 0. The van der Waals surface area contributed by atoms with Gasteiger partial charge >= 0.3 is 0 Å². The molecule has 0 bridgehead atoms. The third-order valence-electron chi connectivity index (χ3n) is 10.4. The van der Waals surface area contributed by atoms with Gasteiger partial charge in [-0.3, -0.25) is 4.99 Å². The minimum Gasteiger partial charge on any atom is -0.258 e. The van der Waals surface area contributed by atoms with Crippen molar-refractivity contribution in [1.82, 2.24) is 4.98 Å². The summed E-state index contributed by atoms with van der Waals surface area (Å²) in [6.07, 6.45) is 0.711. The van der Waals surface area contributed by atoms with Crippen LogP contribution in [0.25, 0.3) is 65.6 Å². The maximum atomic E-state index is 5.39. The molecule has 8 aromatic carbocycles. The highest BCUT2D eigenvalue weighted by Gasteiger charge is 2.24. The minimum atomic E-state index is -0.0932. The maximum Gasteiger partial charge on any atom is 0.156 e. The number of rotatable bonds is 5. The molecule has 0 radical (unpaired) electrons. The number of nitrogens with zero attached hydrogens (tertiary/aromatic N) is 3. The van der Waals surface area contributed by atoms with Gasteiger partial charge in [-0.05, 0) is 61.1 Å². The molecule has 1 unspecified atom stereocenters. The zero-order valence-electron chi connectivity index (χ0n) is 28.4. The standard InChI is InChI=1S/C49H33N3/c1-2-15-36(16-3-1)45-30-43(48-40-21-9-6-14-34(40)28-29-44(48)50-45)35-24-26-37(27-25-35)46-31-47(41-22-10-17-32-12-4-7-19-38(32)41)52-49(51-46)42-23-11-18-33-13-5-8-20-39(33)42/h1-30,46H,31H2. The van der Waals surface area contributed by atoms with Gasteiger partial charge in [0.25, 0.3) is 0 Å². The van der Waals surface area contributed by atoms with E-state index < -0.39 is 0 Å². The molecule has 0 saturated heterocycles. The number of aromatic nitrogens is 1. The molecule has 1 atom stereocenters. The quantitative estimate of drug-likeness (QED) is 0.169. The molecule has 1 aromatic heterocycles. The van der Waals surface area contributed by atoms with Crippen molar-refractivity contribution >= 4 is 54.8 Å². The molecule has 0 saturated carbocycles. The van der Waals surface area contributed by atoms with E-state index in [0.29, 0.717) is 6.42 Å². The van der Waals surface area contributed by atoms with Crippen LogP contribution < -0.4 is 0 Å². The summed E-state index contributed by atoms with van der Waals surface area (Å²) < 4.78 is 0. The van der Waals surface area contributed by atoms with Gasteiger partial charge in [0.15, 0.2) is 5.84 Å². The van der Waals surface area contributed by atoms with Crippen molar-refractivity contribution in [2.45, 2.75) is 12.5 Å². The molecule has 3 nitrogen and oxygen atoms in total. The second-order valence-electron chi connectivity index (χ2n) is 13.5. The van der Waals surface area contributed by atoms with Crippen LogP contribution in [0.5, 0.6) is 0 Å². The van der Waals surface area contributed by atoms with Crippen LogP contribution >= 0.6 is 0 Å². The lowest BCUT2D eigenvalue weighted by atomic mass is 9.90. The fraction of sp³-hybridized carbons (Fsp3) is 0.0408. The fourth-order valence-electron chi connectivity index (χ4n) is 7.85. The Morgan fingerprint density at radius 1 is 0.442 bits per heavy atom. The Hall–Kier alpha value is -6.71. The predicted molar refractivity (Wildman–Crippen MR) is 218 cm³/mol. The first-order chi connectivity index (χ1) is 25.8. The van der Waals surface area contributed by atoms with Crippen LogP contribution in [0.15, 0.2) is 192 Å². The molecule has 0 amide bonds. The number of amidine groups is 1. The van der Waals surface area contributed by atoms with Crippen molar-refractivity contribution in [2.75, 3.05) is 0 Å². The van der Waals surface area contributed by atoms with Gasteiger partial charge in [-0.2, -0.15) is 0 Å². The highest BCUT2D eigenvalue weighted by molar-refractivity contribution is 6.21. The largest absolute Gasteiger partial charge is 0.258 e. The zero-order chi connectivity index (χ0) is 34.4. The first-order valence-corrected chi connectivity index (χ1v) is 17.9. The lowest BCUT2D eigenvalue weighted by Gasteiger charge is -2.23. The Morgan fingerprint density at radius 3 is 1.77 bits per heavy atom. The van der Waals surface area contributed by atoms with Crippen LogP contribution in [-0.2, 0) is 0 Å². The molecule has 0 fully saturated rings. The van der Waals surface area contributed by atoms with Crippen LogP contribution in [0.4, 0.5) is 0 Å². The highest BCUT2D eigenvalue weighted by atomic mass is 15.0. The van der Waals surface area contributed by atoms with Gasteiger partial charge in [-0.1, -0.05) is 170 Å². The summed E-state index contributed by atoms with van der Waals surface area (Å²) in [6, 6.07) is 64.6. The van der Waals surface area contributed by atoms with Crippen LogP contribution in [-0.4, -0.2) is 16.5 Å². The molecule has 244 valence electrons. The second-order valence-corrected chi connectivity index (χ2v) is 13.5. The topological polar surface area (TPSA) is 37.6 Å². The molecule has 9 aromatic rings. The van der Waals surface area contributed by atoms with Crippen LogP contribution in [0, 0.1) is 0 Å². The molecule has 0 N–H and O–H groups in total. The molecule has 2 heterocycles. The molecule has 1 aliphatic heterocycles. The van der Waals surface area contributed by atoms with E-state index in [-0.39, 0.29) is 6.04 Å². The number of benzene rings is 8. The summed E-state index contributed by atoms with van der Waals surface area (Å²) in [5, 5.41) is 8.35. The Balaban J connectivity index is 1.12. The SMILES string of the molecule is c1ccc(-c2cc(-c3ccc(C4CC(c5cccc6ccccc56)=NC(c5cccc6ccccc56)=N4)cc3)c3c(ccc4ccccc43)n2)cc1. The van der Waals surface area contributed by atoms with E-state index in [9.17, 15) is 0 Å². The zero-order valence-corrected chi connectivity index (χ0v) is 28.4. The smallest absolute Gasteiger partial charge is 0.156 e. The van der Waals surface area contributed by atoms with Crippen molar-refractivity contribution in [1.29, 1.82) is 0 Å².